The lowest BCUT2D eigenvalue weighted by Crippen LogP contribution is -2.38. The van der Waals surface area contributed by atoms with Crippen molar-refractivity contribution in [2.24, 2.45) is 17.8 Å². The van der Waals surface area contributed by atoms with Crippen molar-refractivity contribution in [2.75, 3.05) is 46.4 Å². The highest BCUT2D eigenvalue weighted by Gasteiger charge is 2.24. The molecule has 2 N–H and O–H groups in total. The van der Waals surface area contributed by atoms with Crippen molar-refractivity contribution in [2.45, 2.75) is 78.7 Å². The first-order chi connectivity index (χ1) is 23.9. The van der Waals surface area contributed by atoms with Gasteiger partial charge in [0.05, 0.1) is 64.7 Å². The molecular weight excluding hydrogens is 897 g/mol. The van der Waals surface area contributed by atoms with E-state index in [2.05, 4.69) is 58.8 Å². The summed E-state index contributed by atoms with van der Waals surface area (Å²) in [7, 11) is 4.01. The molecule has 0 saturated carbocycles. The first-order valence-electron chi connectivity index (χ1n) is 17.4. The number of nitrogens with two attached hydrogens (primary N) is 1. The Balaban J connectivity index is 0.00000105. The van der Waals surface area contributed by atoms with Crippen LogP contribution in [0.25, 0.3) is 28.2 Å². The summed E-state index contributed by atoms with van der Waals surface area (Å²) in [6.45, 7) is 17.1. The van der Waals surface area contributed by atoms with Gasteiger partial charge < -0.3 is 23.6 Å². The van der Waals surface area contributed by atoms with E-state index in [1.54, 1.807) is 10.5 Å². The van der Waals surface area contributed by atoms with Crippen LogP contribution >= 0.6 is 48.7 Å². The average Bonchev–Trinajstić information content (AvgIpc) is 3.56. The number of hydrogen-bond donors (Lipinski definition) is 1. The number of halogens is 3. The van der Waals surface area contributed by atoms with Gasteiger partial charge in [-0.05, 0) is 101 Å². The van der Waals surface area contributed by atoms with Crippen LogP contribution in [0.1, 0.15) is 65.3 Å². The molecule has 2 bridgehead atoms. The van der Waals surface area contributed by atoms with Crippen molar-refractivity contribution >= 4 is 82.7 Å². The first kappa shape index (κ1) is 43.1. The lowest BCUT2D eigenvalue weighted by atomic mass is 10.1. The number of nitrogens with zero attached hydrogens (tertiary/aromatic N) is 8. The second kappa shape index (κ2) is 21.4. The monoisotopic (exact) mass is 951 g/mol. The Morgan fingerprint density at radius 3 is 2.54 bits per heavy atom. The van der Waals surface area contributed by atoms with Crippen LogP contribution in [0.2, 0.25) is 5.79 Å². The zero-order valence-electron chi connectivity index (χ0n) is 31.0. The maximum absolute atomic E-state index is 11.1. The standard InChI is InChI=1S/C31H45IN9O2P.C2H6.CH3.Al.FH.HI/c1-7-42-30(33)23-11-12-25-24-15-26(34-16-28(24)41(37-25)44-32)29-22(4)36-39(6)31(29)43-21(3)18-38(5)19-27(23)35-20(2)17-40-13-9-8-10-14-40;1-2;;;;/h11-12,15-16,20-21,44H,7-10,13-14,17-19,33H2,1-6H3;1-2H3;1H3;;2*1H/q;;;+2;;/p-2/b12-11+,30-23+,35-27?;;;;;. The molecule has 0 aromatic carbocycles. The molecule has 0 spiro atoms. The zero-order valence-corrected chi connectivity index (χ0v) is 37.5. The molecule has 3 atom stereocenters. The van der Waals surface area contributed by atoms with Crippen LogP contribution in [-0.4, -0.2) is 110 Å². The third-order valence-electron chi connectivity index (χ3n) is 8.03. The minimum Gasteiger partial charge on any atom is -0.479 e. The van der Waals surface area contributed by atoms with E-state index in [1.165, 1.54) is 19.3 Å². The fraction of sp³-hybridized carbons (Fsp3) is 0.588. The minimum absolute atomic E-state index is 0.0963. The third kappa shape index (κ3) is 12.1. The normalized spacial score (nSPS) is 20.6. The van der Waals surface area contributed by atoms with Crippen molar-refractivity contribution < 1.29 is 13.0 Å². The summed E-state index contributed by atoms with van der Waals surface area (Å²) in [5, 5.41) is 10.6. The maximum Gasteiger partial charge on any atom is 0.594 e. The summed E-state index contributed by atoms with van der Waals surface area (Å²) in [5.41, 5.74) is 12.7. The number of piperidine rings is 1. The molecule has 0 radical (unpaired) electrons. The summed E-state index contributed by atoms with van der Waals surface area (Å²) in [4.78, 5) is 14.9. The molecule has 50 heavy (non-hydrogen) atoms. The number of hydrogen-bond acceptors (Lipinski definition) is 9. The van der Waals surface area contributed by atoms with E-state index in [-0.39, 0.29) is 12.1 Å². The van der Waals surface area contributed by atoms with Crippen LogP contribution in [0.4, 0.5) is 3.52 Å². The van der Waals surface area contributed by atoms with Gasteiger partial charge in [0.15, 0.2) is 5.88 Å². The molecule has 3 aromatic heterocycles. The van der Waals surface area contributed by atoms with Crippen LogP contribution in [-0.2, 0) is 11.8 Å². The number of likely N-dealkylation sites (N-methyl/N-ethyl adjacent to an activating group) is 1. The lowest BCUT2D eigenvalue weighted by molar-refractivity contribution is 0.159. The smallest absolute Gasteiger partial charge is 0.479 e. The molecule has 0 aliphatic carbocycles. The van der Waals surface area contributed by atoms with Crippen molar-refractivity contribution in [3.63, 3.8) is 0 Å². The highest BCUT2D eigenvalue weighted by Crippen LogP contribution is 2.37. The van der Waals surface area contributed by atoms with Gasteiger partial charge in [0, 0.05) is 32.1 Å². The summed E-state index contributed by atoms with van der Waals surface area (Å²) < 4.78 is 27.4. The van der Waals surface area contributed by atoms with E-state index in [0.29, 0.717) is 37.8 Å². The molecule has 3 aromatic rings. The van der Waals surface area contributed by atoms with Crippen molar-refractivity contribution in [1.29, 1.82) is 0 Å². The largest absolute Gasteiger partial charge is 0.594 e. The summed E-state index contributed by atoms with van der Waals surface area (Å²) in [6, 6.07) is 2.19. The molecule has 0 amide bonds. The van der Waals surface area contributed by atoms with Crippen LogP contribution in [0.5, 0.6) is 5.88 Å². The van der Waals surface area contributed by atoms with Gasteiger partial charge in [-0.15, -0.1) is 0 Å². The number of ether oxygens (including phenoxy) is 2. The van der Waals surface area contributed by atoms with Gasteiger partial charge in [0.1, 0.15) is 6.10 Å². The predicted octanol–water partition coefficient (Wildman–Crippen LogP) is 7.72. The highest BCUT2D eigenvalue weighted by molar-refractivity contribution is 14.2. The van der Waals surface area contributed by atoms with E-state index in [0.717, 1.165) is 64.5 Å². The molecule has 2 aliphatic rings. The van der Waals surface area contributed by atoms with Crippen molar-refractivity contribution in [3.8, 4) is 17.1 Å². The predicted molar refractivity (Wildman–Crippen MR) is 227 cm³/mol. The maximum atomic E-state index is 11.1. The molecule has 1 saturated heterocycles. The van der Waals surface area contributed by atoms with E-state index in [4.69, 9.17) is 35.4 Å². The van der Waals surface area contributed by atoms with Gasteiger partial charge in [-0.3, -0.25) is 14.9 Å². The molecule has 3 unspecified atom stereocenters. The number of pyridine rings is 1. The van der Waals surface area contributed by atoms with Crippen LogP contribution in [0, 0.1) is 6.92 Å². The number of rotatable bonds is 6. The molecule has 1 fully saturated rings. The Morgan fingerprint density at radius 2 is 1.90 bits per heavy atom. The average molecular weight is 952 g/mol. The van der Waals surface area contributed by atoms with E-state index < -0.39 is 11.3 Å². The lowest BCUT2D eigenvalue weighted by Gasteiger charge is -2.29. The number of likely N-dealkylation sites (tertiary alicyclic amines) is 1. The van der Waals surface area contributed by atoms with Crippen LogP contribution in [0.15, 0.2) is 34.8 Å². The Bertz CT molecular complexity index is 1620. The topological polar surface area (TPSA) is 112 Å². The number of fused-ring (bicyclic) bond motifs is 3. The number of aromatic nitrogens is 5. The molecule has 2 aliphatic heterocycles. The van der Waals surface area contributed by atoms with Gasteiger partial charge >= 0.3 is 11.3 Å². The van der Waals surface area contributed by atoms with Crippen molar-refractivity contribution in [3.05, 3.63) is 41.2 Å². The summed E-state index contributed by atoms with van der Waals surface area (Å²) >= 11 is 2.50. The third-order valence-corrected chi connectivity index (χ3v) is 9.91. The molecule has 276 valence electrons. The van der Waals surface area contributed by atoms with E-state index in [1.807, 2.05) is 77.8 Å². The van der Waals surface area contributed by atoms with Crippen LogP contribution in [0.3, 0.4) is 0 Å². The number of aryl methyl sites for hydroxylation is 2. The Hall–Kier alpha value is -1.35. The van der Waals surface area contributed by atoms with Crippen LogP contribution < -0.4 is 10.5 Å². The van der Waals surface area contributed by atoms with E-state index in [9.17, 15) is 3.52 Å². The second-order valence-corrected chi connectivity index (χ2v) is 20.6. The first-order valence-corrected chi connectivity index (χ1v) is 27.3. The molecular formula is C34H54AlFI2N9O2P. The Labute approximate surface area is 328 Å². The quantitative estimate of drug-likeness (QED) is 0.116. The summed E-state index contributed by atoms with van der Waals surface area (Å²) in [6.07, 6.45) is 10.1. The molecule has 5 rings (SSSR count). The van der Waals surface area contributed by atoms with Gasteiger partial charge in [-0.2, -0.15) is 30.5 Å². The number of allylic oxidation sites excluding steroid dienone is 1. The Morgan fingerprint density at radius 1 is 1.22 bits per heavy atom. The SMILES string of the molecule is CC.CCO/C(N)=C1\C=C\c2nn(PI)c3cnc(cc23)-c2c(C)nn(C)c2OC(C)CN(C)CC1=NC(C)CN1CCCCC1.[CH3][Al]([F])[I]. The van der Waals surface area contributed by atoms with E-state index >= 15 is 0 Å². The molecule has 5 heterocycles. The van der Waals surface area contributed by atoms with Crippen molar-refractivity contribution in [1.82, 2.24) is 34.1 Å². The molecule has 16 heteroatoms. The fourth-order valence-corrected chi connectivity index (χ4v) is 7.67. The van der Waals surface area contributed by atoms with Gasteiger partial charge in [-0.1, -0.05) is 26.1 Å². The fourth-order valence-electron chi connectivity index (χ4n) is 6.15. The summed E-state index contributed by atoms with van der Waals surface area (Å²) in [5.74, 6) is 2.70. The van der Waals surface area contributed by atoms with Gasteiger partial charge in [0.2, 0.25) is 5.88 Å². The zero-order chi connectivity index (χ0) is 37.0. The van der Waals surface area contributed by atoms with Gasteiger partial charge in [-0.25, -0.2) is 9.13 Å². The van der Waals surface area contributed by atoms with Gasteiger partial charge in [0.25, 0.3) is 0 Å². The second-order valence-electron chi connectivity index (χ2n) is 12.3. The molecule has 11 nitrogen and oxygen atoms in total. The number of aliphatic imine (C=N–C) groups is 1. The highest BCUT2D eigenvalue weighted by atomic mass is 127. The Kier molecular flexibility index (Phi) is 18.4. The minimum atomic E-state index is -1.67.